The lowest BCUT2D eigenvalue weighted by Crippen LogP contribution is -2.25. The number of nitrogens with zero attached hydrogens (tertiary/aromatic N) is 2. The second-order valence-corrected chi connectivity index (χ2v) is 3.14. The number of nitrogens with one attached hydrogen (secondary N) is 1. The lowest BCUT2D eigenvalue weighted by Gasteiger charge is -2.10. The summed E-state index contributed by atoms with van der Waals surface area (Å²) in [6.07, 6.45) is 2.99. The molecule has 0 amide bonds. The maximum atomic E-state index is 4.10. The lowest BCUT2D eigenvalue weighted by atomic mass is 10.2. The maximum absolute atomic E-state index is 4.10. The molecule has 68 valence electrons. The van der Waals surface area contributed by atoms with Gasteiger partial charge >= 0.3 is 0 Å². The van der Waals surface area contributed by atoms with Gasteiger partial charge in [-0.15, -0.1) is 0 Å². The molecule has 3 heteroatoms. The minimum Gasteiger partial charge on any atom is -0.309 e. The van der Waals surface area contributed by atoms with Gasteiger partial charge in [-0.2, -0.15) is 5.10 Å². The van der Waals surface area contributed by atoms with Crippen molar-refractivity contribution in [2.24, 2.45) is 7.05 Å². The molecule has 1 aromatic rings. The molecule has 3 nitrogen and oxygen atoms in total. The van der Waals surface area contributed by atoms with Crippen LogP contribution in [0.15, 0.2) is 12.3 Å². The smallest absolute Gasteiger partial charge is 0.0518 e. The van der Waals surface area contributed by atoms with Crippen LogP contribution >= 0.6 is 0 Å². The zero-order valence-electron chi connectivity index (χ0n) is 8.04. The summed E-state index contributed by atoms with van der Waals surface area (Å²) in [4.78, 5) is 0. The molecule has 0 aliphatic carbocycles. The molecule has 12 heavy (non-hydrogen) atoms. The molecule has 0 aliphatic heterocycles. The van der Waals surface area contributed by atoms with Crippen molar-refractivity contribution in [3.63, 3.8) is 0 Å². The lowest BCUT2D eigenvalue weighted by molar-refractivity contribution is 0.516. The van der Waals surface area contributed by atoms with Crippen LogP contribution in [0.4, 0.5) is 0 Å². The largest absolute Gasteiger partial charge is 0.309 e. The van der Waals surface area contributed by atoms with Gasteiger partial charge in [-0.3, -0.25) is 4.68 Å². The van der Waals surface area contributed by atoms with Crippen LogP contribution < -0.4 is 5.32 Å². The average Bonchev–Trinajstić information content (AvgIpc) is 2.47. The van der Waals surface area contributed by atoms with Crippen molar-refractivity contribution < 1.29 is 0 Å². The highest BCUT2D eigenvalue weighted by atomic mass is 15.3. The monoisotopic (exact) mass is 167 g/mol. The molecule has 0 saturated heterocycles. The molecule has 0 aliphatic rings. The van der Waals surface area contributed by atoms with Gasteiger partial charge in [-0.05, 0) is 19.4 Å². The zero-order chi connectivity index (χ0) is 8.97. The number of aromatic nitrogens is 2. The minimum atomic E-state index is 0.583. The molecular weight excluding hydrogens is 150 g/mol. The Kier molecular flexibility index (Phi) is 3.29. The quantitative estimate of drug-likeness (QED) is 0.732. The van der Waals surface area contributed by atoms with Gasteiger partial charge in [0.1, 0.15) is 0 Å². The number of hydrogen-bond acceptors (Lipinski definition) is 2. The second kappa shape index (κ2) is 4.26. The number of rotatable bonds is 4. The fraction of sp³-hybridized carbons (Fsp3) is 0.667. The molecule has 1 N–H and O–H groups in total. The van der Waals surface area contributed by atoms with Crippen molar-refractivity contribution in [3.05, 3.63) is 18.0 Å². The van der Waals surface area contributed by atoms with Crippen LogP contribution in [0.5, 0.6) is 0 Å². The van der Waals surface area contributed by atoms with Crippen LogP contribution in [0.2, 0.25) is 0 Å². The van der Waals surface area contributed by atoms with Gasteiger partial charge in [-0.25, -0.2) is 0 Å². The van der Waals surface area contributed by atoms with Crippen LogP contribution in [0, 0.1) is 0 Å². The fourth-order valence-corrected chi connectivity index (χ4v) is 0.998. The van der Waals surface area contributed by atoms with Gasteiger partial charge in [0, 0.05) is 25.8 Å². The summed E-state index contributed by atoms with van der Waals surface area (Å²) < 4.78 is 1.90. The van der Waals surface area contributed by atoms with E-state index in [9.17, 15) is 0 Å². The summed E-state index contributed by atoms with van der Waals surface area (Å²) in [6.45, 7) is 5.28. The summed E-state index contributed by atoms with van der Waals surface area (Å²) in [7, 11) is 1.97. The van der Waals surface area contributed by atoms with Crippen molar-refractivity contribution in [1.29, 1.82) is 0 Å². The Hall–Kier alpha value is -0.830. The topological polar surface area (TPSA) is 29.9 Å². The van der Waals surface area contributed by atoms with Crippen molar-refractivity contribution >= 4 is 0 Å². The molecule has 1 unspecified atom stereocenters. The first kappa shape index (κ1) is 9.26. The summed E-state index contributed by atoms with van der Waals surface area (Å²) in [6, 6.07) is 2.62. The van der Waals surface area contributed by atoms with Gasteiger partial charge in [0.05, 0.1) is 5.69 Å². The molecule has 0 fully saturated rings. The SMILES string of the molecule is CCC(C)NCc1ccnn1C. The summed E-state index contributed by atoms with van der Waals surface area (Å²) in [5.74, 6) is 0. The third kappa shape index (κ3) is 2.34. The van der Waals surface area contributed by atoms with Gasteiger partial charge in [0.25, 0.3) is 0 Å². The van der Waals surface area contributed by atoms with E-state index in [1.165, 1.54) is 5.69 Å². The predicted molar refractivity (Wildman–Crippen MR) is 49.8 cm³/mol. The zero-order valence-corrected chi connectivity index (χ0v) is 8.04. The molecule has 1 rings (SSSR count). The minimum absolute atomic E-state index is 0.583. The third-order valence-electron chi connectivity index (χ3n) is 2.17. The van der Waals surface area contributed by atoms with E-state index in [2.05, 4.69) is 24.3 Å². The Morgan fingerprint density at radius 3 is 2.92 bits per heavy atom. The van der Waals surface area contributed by atoms with Crippen molar-refractivity contribution in [3.8, 4) is 0 Å². The van der Waals surface area contributed by atoms with E-state index in [-0.39, 0.29) is 0 Å². The van der Waals surface area contributed by atoms with Crippen LogP contribution in [-0.4, -0.2) is 15.8 Å². The van der Waals surface area contributed by atoms with Crippen LogP contribution in [-0.2, 0) is 13.6 Å². The molecule has 0 aromatic carbocycles. The highest BCUT2D eigenvalue weighted by molar-refractivity contribution is 4.99. The van der Waals surface area contributed by atoms with E-state index in [0.29, 0.717) is 6.04 Å². The summed E-state index contributed by atoms with van der Waals surface area (Å²) in [5.41, 5.74) is 1.23. The molecule has 1 heterocycles. The van der Waals surface area contributed by atoms with E-state index in [4.69, 9.17) is 0 Å². The Labute approximate surface area is 73.8 Å². The van der Waals surface area contributed by atoms with Gasteiger partial charge in [0.2, 0.25) is 0 Å². The fourth-order valence-electron chi connectivity index (χ4n) is 0.998. The predicted octanol–water partition coefficient (Wildman–Crippen LogP) is 1.31. The number of aryl methyl sites for hydroxylation is 1. The van der Waals surface area contributed by atoms with E-state index < -0.39 is 0 Å². The van der Waals surface area contributed by atoms with Gasteiger partial charge in [-0.1, -0.05) is 6.92 Å². The van der Waals surface area contributed by atoms with E-state index in [0.717, 1.165) is 13.0 Å². The Morgan fingerprint density at radius 2 is 2.42 bits per heavy atom. The first-order chi connectivity index (χ1) is 5.74. The molecule has 0 bridgehead atoms. The van der Waals surface area contributed by atoms with E-state index in [1.807, 2.05) is 24.0 Å². The average molecular weight is 167 g/mol. The molecular formula is C9H17N3. The normalized spacial score (nSPS) is 13.2. The van der Waals surface area contributed by atoms with Crippen molar-refractivity contribution in [2.45, 2.75) is 32.9 Å². The number of hydrogen-bond donors (Lipinski definition) is 1. The van der Waals surface area contributed by atoms with Crippen LogP contribution in [0.25, 0.3) is 0 Å². The van der Waals surface area contributed by atoms with Crippen LogP contribution in [0.3, 0.4) is 0 Å². The summed E-state index contributed by atoms with van der Waals surface area (Å²) >= 11 is 0. The first-order valence-corrected chi connectivity index (χ1v) is 4.44. The first-order valence-electron chi connectivity index (χ1n) is 4.44. The second-order valence-electron chi connectivity index (χ2n) is 3.14. The molecule has 0 saturated carbocycles. The molecule has 1 aromatic heterocycles. The van der Waals surface area contributed by atoms with E-state index in [1.54, 1.807) is 0 Å². The highest BCUT2D eigenvalue weighted by Crippen LogP contribution is 1.97. The van der Waals surface area contributed by atoms with Crippen LogP contribution in [0.1, 0.15) is 26.0 Å². The van der Waals surface area contributed by atoms with Gasteiger partial charge in [0.15, 0.2) is 0 Å². The Morgan fingerprint density at radius 1 is 1.67 bits per heavy atom. The van der Waals surface area contributed by atoms with Gasteiger partial charge < -0.3 is 5.32 Å². The standard InChI is InChI=1S/C9H17N3/c1-4-8(2)10-7-9-5-6-11-12(9)3/h5-6,8,10H,4,7H2,1-3H3. The maximum Gasteiger partial charge on any atom is 0.0518 e. The highest BCUT2D eigenvalue weighted by Gasteiger charge is 2.00. The summed E-state index contributed by atoms with van der Waals surface area (Å²) in [5, 5.41) is 7.51. The third-order valence-corrected chi connectivity index (χ3v) is 2.17. The van der Waals surface area contributed by atoms with Crippen molar-refractivity contribution in [1.82, 2.24) is 15.1 Å². The molecule has 0 radical (unpaired) electrons. The Bertz CT molecular complexity index is 229. The van der Waals surface area contributed by atoms with Crippen molar-refractivity contribution in [2.75, 3.05) is 0 Å². The van der Waals surface area contributed by atoms with E-state index >= 15 is 0 Å². The Balaban J connectivity index is 2.38. The molecule has 1 atom stereocenters. The molecule has 0 spiro atoms.